The van der Waals surface area contributed by atoms with Crippen molar-refractivity contribution in [2.45, 2.75) is 6.92 Å². The van der Waals surface area contributed by atoms with E-state index >= 15 is 0 Å². The molecule has 1 unspecified atom stereocenters. The molecule has 10 heavy (non-hydrogen) atoms. The number of hydrogen-bond donors (Lipinski definition) is 1. The normalized spacial score (nSPS) is 12.7. The van der Waals surface area contributed by atoms with Gasteiger partial charge in [-0.05, 0) is 0 Å². The zero-order valence-electron chi connectivity index (χ0n) is 6.51. The third kappa shape index (κ3) is 3.42. The summed E-state index contributed by atoms with van der Waals surface area (Å²) in [7, 11) is 2.87. The van der Waals surface area contributed by atoms with E-state index in [4.69, 9.17) is 0 Å². The number of nitrogens with one attached hydrogen (secondary N) is 1. The topological polar surface area (TPSA) is 47.6 Å². The lowest BCUT2D eigenvalue weighted by Crippen LogP contribution is -2.26. The van der Waals surface area contributed by atoms with Crippen LogP contribution in [0.15, 0.2) is 0 Å². The molecule has 0 bridgehead atoms. The van der Waals surface area contributed by atoms with Crippen LogP contribution in [0.2, 0.25) is 0 Å². The summed E-state index contributed by atoms with van der Waals surface area (Å²) in [6, 6.07) is 0. The van der Waals surface area contributed by atoms with E-state index in [1.54, 1.807) is 6.92 Å². The highest BCUT2D eigenvalue weighted by Gasteiger charge is 2.11. The first-order chi connectivity index (χ1) is 4.72. The number of carbonyl (C=O) groups is 1. The molecule has 0 saturated heterocycles. The fourth-order valence-corrected chi connectivity index (χ4v) is 0.493. The molecule has 4 nitrogen and oxygen atoms in total. The summed E-state index contributed by atoms with van der Waals surface area (Å²) >= 11 is 0. The Morgan fingerprint density at radius 3 is 2.60 bits per heavy atom. The predicted octanol–water partition coefficient (Wildman–Crippen LogP) is -0.0535. The summed E-state index contributed by atoms with van der Waals surface area (Å²) < 4.78 is 4.47. The van der Waals surface area contributed by atoms with Crippen LogP contribution in [0.5, 0.6) is 0 Å². The van der Waals surface area contributed by atoms with Gasteiger partial charge in [0.15, 0.2) is 0 Å². The average Bonchev–Trinajstić information content (AvgIpc) is 1.98. The maximum absolute atomic E-state index is 10.7. The summed E-state index contributed by atoms with van der Waals surface area (Å²) in [5, 5.41) is 0. The van der Waals surface area contributed by atoms with Crippen LogP contribution < -0.4 is 5.48 Å². The zero-order chi connectivity index (χ0) is 7.98. The molecular formula is C6H13NO3. The fourth-order valence-electron chi connectivity index (χ4n) is 0.493. The molecular weight excluding hydrogens is 134 g/mol. The Morgan fingerprint density at radius 2 is 2.20 bits per heavy atom. The van der Waals surface area contributed by atoms with Crippen LogP contribution in [0.1, 0.15) is 6.92 Å². The molecule has 1 N–H and O–H groups in total. The highest BCUT2D eigenvalue weighted by atomic mass is 16.6. The molecule has 0 aromatic heterocycles. The Balaban J connectivity index is 3.41. The molecule has 0 spiro atoms. The van der Waals surface area contributed by atoms with E-state index in [0.717, 1.165) is 0 Å². The lowest BCUT2D eigenvalue weighted by Gasteiger charge is -2.07. The monoisotopic (exact) mass is 147 g/mol. The van der Waals surface area contributed by atoms with Crippen LogP contribution >= 0.6 is 0 Å². The summed E-state index contributed by atoms with van der Waals surface area (Å²) in [6.07, 6.45) is 0. The second kappa shape index (κ2) is 5.20. The van der Waals surface area contributed by atoms with Crippen LogP contribution in [0.3, 0.4) is 0 Å². The Hall–Kier alpha value is -0.610. The van der Waals surface area contributed by atoms with Gasteiger partial charge in [-0.1, -0.05) is 6.92 Å². The first-order valence-corrected chi connectivity index (χ1v) is 3.06. The van der Waals surface area contributed by atoms with Crippen molar-refractivity contribution >= 4 is 5.97 Å². The van der Waals surface area contributed by atoms with Crippen LogP contribution in [0.25, 0.3) is 0 Å². The van der Waals surface area contributed by atoms with Crippen molar-refractivity contribution in [2.24, 2.45) is 5.92 Å². The van der Waals surface area contributed by atoms with Crippen molar-refractivity contribution in [1.82, 2.24) is 5.48 Å². The van der Waals surface area contributed by atoms with Gasteiger partial charge in [-0.2, -0.15) is 0 Å². The van der Waals surface area contributed by atoms with Gasteiger partial charge in [-0.15, -0.1) is 0 Å². The number of hydrogen-bond acceptors (Lipinski definition) is 4. The second-order valence-corrected chi connectivity index (χ2v) is 1.98. The molecule has 60 valence electrons. The molecule has 0 saturated carbocycles. The first-order valence-electron chi connectivity index (χ1n) is 3.06. The van der Waals surface area contributed by atoms with E-state index in [1.807, 2.05) is 0 Å². The molecule has 1 atom stereocenters. The van der Waals surface area contributed by atoms with E-state index in [2.05, 4.69) is 15.1 Å². The lowest BCUT2D eigenvalue weighted by atomic mass is 10.2. The lowest BCUT2D eigenvalue weighted by molar-refractivity contribution is -0.145. The van der Waals surface area contributed by atoms with Gasteiger partial charge in [0.05, 0.1) is 20.1 Å². The third-order valence-electron chi connectivity index (χ3n) is 1.14. The molecule has 0 amide bonds. The Morgan fingerprint density at radius 1 is 1.60 bits per heavy atom. The van der Waals surface area contributed by atoms with E-state index in [-0.39, 0.29) is 11.9 Å². The first kappa shape index (κ1) is 9.39. The number of methoxy groups -OCH3 is 1. The molecule has 0 aliphatic carbocycles. The standard InChI is InChI=1S/C6H13NO3/c1-5(4-7-10-3)6(8)9-2/h5,7H,4H2,1-3H3. The van der Waals surface area contributed by atoms with Crippen LogP contribution in [0.4, 0.5) is 0 Å². The van der Waals surface area contributed by atoms with Gasteiger partial charge in [0.25, 0.3) is 0 Å². The average molecular weight is 147 g/mol. The minimum Gasteiger partial charge on any atom is -0.469 e. The van der Waals surface area contributed by atoms with Gasteiger partial charge in [0.1, 0.15) is 0 Å². The summed E-state index contributed by atoms with van der Waals surface area (Å²) in [6.45, 7) is 2.24. The largest absolute Gasteiger partial charge is 0.469 e. The van der Waals surface area contributed by atoms with Crippen molar-refractivity contribution in [1.29, 1.82) is 0 Å². The Labute approximate surface area is 60.5 Å². The number of hydroxylamine groups is 1. The number of carbonyl (C=O) groups excluding carboxylic acids is 1. The minimum absolute atomic E-state index is 0.162. The minimum atomic E-state index is -0.232. The molecule has 0 radical (unpaired) electrons. The van der Waals surface area contributed by atoms with Gasteiger partial charge in [0.2, 0.25) is 0 Å². The maximum atomic E-state index is 10.7. The molecule has 0 fully saturated rings. The van der Waals surface area contributed by atoms with Crippen molar-refractivity contribution < 1.29 is 14.4 Å². The number of rotatable bonds is 4. The Kier molecular flexibility index (Phi) is 4.88. The van der Waals surface area contributed by atoms with E-state index in [1.165, 1.54) is 14.2 Å². The number of ether oxygens (including phenoxy) is 1. The van der Waals surface area contributed by atoms with Gasteiger partial charge in [0, 0.05) is 6.54 Å². The van der Waals surface area contributed by atoms with E-state index < -0.39 is 0 Å². The smallest absolute Gasteiger partial charge is 0.309 e. The molecule has 0 aromatic carbocycles. The second-order valence-electron chi connectivity index (χ2n) is 1.98. The maximum Gasteiger partial charge on any atom is 0.309 e. The molecule has 0 aliphatic heterocycles. The SMILES string of the molecule is CONCC(C)C(=O)OC. The van der Waals surface area contributed by atoms with Gasteiger partial charge < -0.3 is 9.57 Å². The van der Waals surface area contributed by atoms with Crippen molar-refractivity contribution in [3.05, 3.63) is 0 Å². The summed E-state index contributed by atoms with van der Waals surface area (Å²) in [5.74, 6) is -0.394. The van der Waals surface area contributed by atoms with Crippen LogP contribution in [0, 0.1) is 5.92 Å². The summed E-state index contributed by atoms with van der Waals surface area (Å²) in [5.41, 5.74) is 2.56. The fraction of sp³-hybridized carbons (Fsp3) is 0.833. The highest BCUT2D eigenvalue weighted by Crippen LogP contribution is 1.94. The predicted molar refractivity (Wildman–Crippen MR) is 36.2 cm³/mol. The van der Waals surface area contributed by atoms with Crippen molar-refractivity contribution in [2.75, 3.05) is 20.8 Å². The van der Waals surface area contributed by atoms with Crippen molar-refractivity contribution in [3.8, 4) is 0 Å². The Bertz CT molecular complexity index is 105. The number of esters is 1. The van der Waals surface area contributed by atoms with Gasteiger partial charge in [-0.25, -0.2) is 5.48 Å². The molecule has 4 heteroatoms. The zero-order valence-corrected chi connectivity index (χ0v) is 6.51. The summed E-state index contributed by atoms with van der Waals surface area (Å²) in [4.78, 5) is 15.2. The molecule has 0 rings (SSSR count). The van der Waals surface area contributed by atoms with Gasteiger partial charge >= 0.3 is 5.97 Å². The molecule has 0 aromatic rings. The third-order valence-corrected chi connectivity index (χ3v) is 1.14. The molecule has 0 heterocycles. The van der Waals surface area contributed by atoms with Gasteiger partial charge in [-0.3, -0.25) is 4.79 Å². The van der Waals surface area contributed by atoms with E-state index in [0.29, 0.717) is 6.54 Å². The van der Waals surface area contributed by atoms with Crippen LogP contribution in [-0.2, 0) is 14.4 Å². The highest BCUT2D eigenvalue weighted by molar-refractivity contribution is 5.71. The van der Waals surface area contributed by atoms with Crippen LogP contribution in [-0.4, -0.2) is 26.7 Å². The van der Waals surface area contributed by atoms with E-state index in [9.17, 15) is 4.79 Å². The van der Waals surface area contributed by atoms with Crippen molar-refractivity contribution in [3.63, 3.8) is 0 Å². The molecule has 0 aliphatic rings. The quantitative estimate of drug-likeness (QED) is 0.447.